The minimum Gasteiger partial charge on any atom is -0.352 e. The highest BCUT2D eigenvalue weighted by atomic mass is 32.2. The number of thioether (sulfide) groups is 1. The van der Waals surface area contributed by atoms with Crippen molar-refractivity contribution in [3.63, 3.8) is 0 Å². The highest BCUT2D eigenvalue weighted by Crippen LogP contribution is 2.21. The lowest BCUT2D eigenvalue weighted by Gasteiger charge is -2.14. The summed E-state index contributed by atoms with van der Waals surface area (Å²) >= 11 is 1.03. The van der Waals surface area contributed by atoms with Gasteiger partial charge in [-0.05, 0) is 48.4 Å². The van der Waals surface area contributed by atoms with Crippen LogP contribution in [0.4, 0.5) is 14.5 Å². The van der Waals surface area contributed by atoms with Crippen molar-refractivity contribution < 1.29 is 18.4 Å². The van der Waals surface area contributed by atoms with Gasteiger partial charge < -0.3 is 10.6 Å². The summed E-state index contributed by atoms with van der Waals surface area (Å²) in [4.78, 5) is 42.6. The van der Waals surface area contributed by atoms with Gasteiger partial charge in [0.2, 0.25) is 5.91 Å². The first kappa shape index (κ1) is 26.0. The number of nitrogens with zero attached hydrogens (tertiary/aromatic N) is 2. The van der Waals surface area contributed by atoms with Crippen LogP contribution in [0.3, 0.4) is 0 Å². The van der Waals surface area contributed by atoms with Crippen molar-refractivity contribution in [3.05, 3.63) is 99.8 Å². The van der Waals surface area contributed by atoms with Gasteiger partial charge >= 0.3 is 0 Å². The number of carbonyl (C=O) groups is 2. The third-order valence-electron chi connectivity index (χ3n) is 5.46. The predicted octanol–water partition coefficient (Wildman–Crippen LogP) is 4.59. The van der Waals surface area contributed by atoms with Gasteiger partial charge in [-0.2, -0.15) is 0 Å². The fourth-order valence-electron chi connectivity index (χ4n) is 3.59. The summed E-state index contributed by atoms with van der Waals surface area (Å²) in [6, 6.07) is 16.7. The lowest BCUT2D eigenvalue weighted by molar-refractivity contribution is -0.113. The zero-order chi connectivity index (χ0) is 26.4. The van der Waals surface area contributed by atoms with Gasteiger partial charge in [-0.15, -0.1) is 0 Å². The van der Waals surface area contributed by atoms with Crippen molar-refractivity contribution in [2.24, 2.45) is 0 Å². The molecule has 190 valence electrons. The third kappa shape index (κ3) is 6.39. The van der Waals surface area contributed by atoms with E-state index in [9.17, 15) is 23.2 Å². The van der Waals surface area contributed by atoms with E-state index in [-0.39, 0.29) is 29.5 Å². The normalized spacial score (nSPS) is 10.9. The van der Waals surface area contributed by atoms with Crippen molar-refractivity contribution in [1.82, 2.24) is 14.9 Å². The summed E-state index contributed by atoms with van der Waals surface area (Å²) < 4.78 is 28.5. The molecule has 0 saturated carbocycles. The monoisotopic (exact) mass is 522 g/mol. The molecule has 0 aliphatic rings. The molecule has 0 aliphatic heterocycles. The molecule has 3 aromatic carbocycles. The molecule has 0 saturated heterocycles. The van der Waals surface area contributed by atoms with Crippen LogP contribution in [0.2, 0.25) is 0 Å². The van der Waals surface area contributed by atoms with E-state index in [0.717, 1.165) is 35.9 Å². The minimum atomic E-state index is -0.883. The van der Waals surface area contributed by atoms with E-state index in [1.807, 2.05) is 6.92 Å². The van der Waals surface area contributed by atoms with Crippen molar-refractivity contribution in [2.45, 2.75) is 25.0 Å². The Morgan fingerprint density at radius 1 is 1.03 bits per heavy atom. The number of halogens is 2. The third-order valence-corrected chi connectivity index (χ3v) is 6.43. The predicted molar refractivity (Wildman–Crippen MR) is 140 cm³/mol. The molecule has 2 N–H and O–H groups in total. The van der Waals surface area contributed by atoms with Crippen LogP contribution in [0.15, 0.2) is 76.7 Å². The summed E-state index contributed by atoms with van der Waals surface area (Å²) in [5.41, 5.74) is 1.35. The molecule has 0 radical (unpaired) electrons. The first-order valence-corrected chi connectivity index (χ1v) is 12.6. The molecular formula is C27H24F2N4O3S. The van der Waals surface area contributed by atoms with E-state index < -0.39 is 17.5 Å². The molecule has 0 atom stereocenters. The summed E-state index contributed by atoms with van der Waals surface area (Å²) in [6.07, 6.45) is 0.832. The Balaban J connectivity index is 1.56. The first-order chi connectivity index (χ1) is 17.9. The lowest BCUT2D eigenvalue weighted by Crippen LogP contribution is -2.25. The van der Waals surface area contributed by atoms with Crippen LogP contribution in [-0.2, 0) is 11.3 Å². The van der Waals surface area contributed by atoms with E-state index in [1.165, 1.54) is 4.57 Å². The number of carbonyl (C=O) groups excluding carboxylic acids is 2. The summed E-state index contributed by atoms with van der Waals surface area (Å²) in [5.74, 6) is -2.49. The average molecular weight is 523 g/mol. The van der Waals surface area contributed by atoms with Crippen LogP contribution in [0, 0.1) is 11.6 Å². The number of benzene rings is 3. The number of hydrogen-bond donors (Lipinski definition) is 2. The molecule has 0 fully saturated rings. The van der Waals surface area contributed by atoms with Crippen LogP contribution in [0.1, 0.15) is 29.3 Å². The lowest BCUT2D eigenvalue weighted by atomic mass is 10.1. The van der Waals surface area contributed by atoms with Gasteiger partial charge in [-0.25, -0.2) is 13.8 Å². The minimum absolute atomic E-state index is 0.140. The van der Waals surface area contributed by atoms with Crippen LogP contribution < -0.4 is 16.2 Å². The zero-order valence-electron chi connectivity index (χ0n) is 20.0. The number of amides is 2. The highest BCUT2D eigenvalue weighted by molar-refractivity contribution is 7.99. The van der Waals surface area contributed by atoms with Crippen molar-refractivity contribution in [3.8, 4) is 0 Å². The molecule has 0 spiro atoms. The van der Waals surface area contributed by atoms with E-state index in [1.54, 1.807) is 48.5 Å². The van der Waals surface area contributed by atoms with Gasteiger partial charge in [0.05, 0.1) is 28.9 Å². The van der Waals surface area contributed by atoms with Gasteiger partial charge in [0.15, 0.2) is 5.16 Å². The van der Waals surface area contributed by atoms with Crippen LogP contribution >= 0.6 is 11.8 Å². The second-order valence-corrected chi connectivity index (χ2v) is 9.16. The van der Waals surface area contributed by atoms with Gasteiger partial charge in [0, 0.05) is 18.2 Å². The van der Waals surface area contributed by atoms with Crippen LogP contribution in [0.25, 0.3) is 10.9 Å². The van der Waals surface area contributed by atoms with E-state index in [4.69, 9.17) is 0 Å². The van der Waals surface area contributed by atoms with Gasteiger partial charge in [0.25, 0.3) is 11.5 Å². The molecule has 1 aromatic heterocycles. The fourth-order valence-corrected chi connectivity index (χ4v) is 4.39. The molecule has 1 heterocycles. The Bertz CT molecular complexity index is 1510. The Morgan fingerprint density at radius 3 is 2.51 bits per heavy atom. The second kappa shape index (κ2) is 11.8. The first-order valence-electron chi connectivity index (χ1n) is 11.6. The van der Waals surface area contributed by atoms with Crippen molar-refractivity contribution in [1.29, 1.82) is 0 Å². The molecule has 0 bridgehead atoms. The molecule has 37 heavy (non-hydrogen) atoms. The van der Waals surface area contributed by atoms with Gasteiger partial charge in [-0.1, -0.05) is 43.0 Å². The summed E-state index contributed by atoms with van der Waals surface area (Å²) in [6.45, 7) is 2.73. The maximum absolute atomic E-state index is 13.9. The number of para-hydroxylation sites is 1. The number of fused-ring (bicyclic) bond motifs is 1. The van der Waals surface area contributed by atoms with Crippen LogP contribution in [-0.4, -0.2) is 33.7 Å². The topological polar surface area (TPSA) is 93.1 Å². The molecular weight excluding hydrogens is 498 g/mol. The molecule has 2 amide bonds. The number of aromatic nitrogens is 2. The SMILES string of the molecule is CCCNC(=O)c1ccc(Cn2c(SCC(=O)Nc3ccc(F)cc3F)nc3ccccc3c2=O)cc1. The number of hydrogen-bond acceptors (Lipinski definition) is 5. The largest absolute Gasteiger partial charge is 0.352 e. The number of anilines is 1. The van der Waals surface area contributed by atoms with E-state index in [0.29, 0.717) is 34.2 Å². The molecule has 7 nitrogen and oxygen atoms in total. The Hall–Kier alpha value is -4.05. The zero-order valence-corrected chi connectivity index (χ0v) is 20.8. The quantitative estimate of drug-likeness (QED) is 0.248. The van der Waals surface area contributed by atoms with Crippen molar-refractivity contribution >= 4 is 40.2 Å². The molecule has 4 rings (SSSR count). The Labute approximate surface area is 215 Å². The smallest absolute Gasteiger partial charge is 0.262 e. The van der Waals surface area contributed by atoms with Crippen molar-refractivity contribution in [2.75, 3.05) is 17.6 Å². The Kier molecular flexibility index (Phi) is 8.29. The maximum Gasteiger partial charge on any atom is 0.262 e. The molecule has 0 aliphatic carbocycles. The summed E-state index contributed by atoms with van der Waals surface area (Å²) in [5, 5.41) is 5.96. The van der Waals surface area contributed by atoms with E-state index >= 15 is 0 Å². The van der Waals surface area contributed by atoms with Gasteiger partial charge in [-0.3, -0.25) is 19.0 Å². The van der Waals surface area contributed by atoms with Gasteiger partial charge in [0.1, 0.15) is 11.6 Å². The summed E-state index contributed by atoms with van der Waals surface area (Å²) in [7, 11) is 0. The molecule has 0 unspecified atom stereocenters. The van der Waals surface area contributed by atoms with E-state index in [2.05, 4.69) is 15.6 Å². The average Bonchev–Trinajstić information content (AvgIpc) is 2.90. The maximum atomic E-state index is 13.9. The van der Waals surface area contributed by atoms with Crippen LogP contribution in [0.5, 0.6) is 0 Å². The standard InChI is InChI=1S/C27H24F2N4O3S/c1-2-13-30-25(35)18-9-7-17(8-10-18)15-33-26(36)20-5-3-4-6-22(20)32-27(33)37-16-24(34)31-23-12-11-19(28)14-21(23)29/h3-12,14H,2,13,15-16H2,1H3,(H,30,35)(H,31,34). The number of rotatable bonds is 9. The molecule has 4 aromatic rings. The Morgan fingerprint density at radius 2 is 1.78 bits per heavy atom. The fraction of sp³-hybridized carbons (Fsp3) is 0.185. The number of nitrogens with one attached hydrogen (secondary N) is 2. The highest BCUT2D eigenvalue weighted by Gasteiger charge is 2.15. The molecule has 10 heteroatoms. The second-order valence-electron chi connectivity index (χ2n) is 8.22.